The molecule has 0 aromatic carbocycles. The zero-order chi connectivity index (χ0) is 19.5. The molecule has 8 nitrogen and oxygen atoms in total. The van der Waals surface area contributed by atoms with Crippen LogP contribution < -0.4 is 0 Å². The summed E-state index contributed by atoms with van der Waals surface area (Å²) in [7, 11) is 0. The minimum Gasteiger partial charge on any atom is -0.477 e. The summed E-state index contributed by atoms with van der Waals surface area (Å²) in [6.45, 7) is 3.51. The molecule has 4 heterocycles. The number of ketones is 1. The van der Waals surface area contributed by atoms with Crippen LogP contribution in [0.25, 0.3) is 10.4 Å². The predicted octanol–water partition coefficient (Wildman–Crippen LogP) is 1.64. The van der Waals surface area contributed by atoms with Crippen LogP contribution in [0.1, 0.15) is 42.1 Å². The highest BCUT2D eigenvalue weighted by Gasteiger charge is 2.54. The second kappa shape index (κ2) is 6.28. The van der Waals surface area contributed by atoms with E-state index >= 15 is 0 Å². The molecule has 2 aromatic rings. The number of rotatable bonds is 6. The van der Waals surface area contributed by atoms with Gasteiger partial charge in [-0.1, -0.05) is 13.8 Å². The molecule has 2 aliphatic rings. The summed E-state index contributed by atoms with van der Waals surface area (Å²) >= 11 is 1.31. The SMILES string of the molecule is CC(C)C(=O)c1ncn2cc(C3=C(C(=O)O)N4C(=O)[C@@H](CCO)[C@H]4C3)sc12. The Balaban J connectivity index is 1.76. The second-order valence-corrected chi connectivity index (χ2v) is 8.18. The largest absolute Gasteiger partial charge is 0.477 e. The molecule has 0 unspecified atom stereocenters. The van der Waals surface area contributed by atoms with Crippen LogP contribution in [0.5, 0.6) is 0 Å². The number of thiazole rings is 1. The summed E-state index contributed by atoms with van der Waals surface area (Å²) < 4.78 is 1.73. The average molecular weight is 389 g/mol. The molecule has 142 valence electrons. The van der Waals surface area contributed by atoms with E-state index in [1.807, 2.05) is 13.8 Å². The first kappa shape index (κ1) is 17.9. The maximum atomic E-state index is 12.3. The van der Waals surface area contributed by atoms with Crippen molar-refractivity contribution in [3.63, 3.8) is 0 Å². The standard InChI is InChI=1S/C18H19N3O5S/c1-8(2)15(23)13-17-20(7-19-13)6-12(27-17)10-5-11-9(3-4-22)16(24)21(11)14(10)18(25)26/h6-9,11,22H,3-5H2,1-2H3,(H,25,26)/t9-,11+/m0/s1. The molecule has 2 aromatic heterocycles. The van der Waals surface area contributed by atoms with Gasteiger partial charge >= 0.3 is 5.97 Å². The molecule has 0 bridgehead atoms. The van der Waals surface area contributed by atoms with E-state index < -0.39 is 5.97 Å². The van der Waals surface area contributed by atoms with Gasteiger partial charge in [0.05, 0.1) is 16.8 Å². The second-order valence-electron chi connectivity index (χ2n) is 7.15. The molecule has 1 fully saturated rings. The van der Waals surface area contributed by atoms with E-state index in [2.05, 4.69) is 4.98 Å². The van der Waals surface area contributed by atoms with Crippen LogP contribution in [0.4, 0.5) is 0 Å². The fourth-order valence-electron chi connectivity index (χ4n) is 3.85. The lowest BCUT2D eigenvalue weighted by atomic mass is 9.84. The third-order valence-corrected chi connectivity index (χ3v) is 6.37. The van der Waals surface area contributed by atoms with Gasteiger partial charge in [0.15, 0.2) is 5.78 Å². The molecule has 1 amide bonds. The minimum absolute atomic E-state index is 0.00777. The zero-order valence-electron chi connectivity index (χ0n) is 14.9. The Morgan fingerprint density at radius 1 is 1.41 bits per heavy atom. The fraction of sp³-hybridized carbons (Fsp3) is 0.444. The van der Waals surface area contributed by atoms with Crippen LogP contribution in [-0.2, 0) is 9.59 Å². The number of nitrogens with zero attached hydrogens (tertiary/aromatic N) is 3. The first-order valence-corrected chi connectivity index (χ1v) is 9.58. The van der Waals surface area contributed by atoms with Crippen molar-refractivity contribution >= 4 is 39.4 Å². The summed E-state index contributed by atoms with van der Waals surface area (Å²) in [5, 5.41) is 18.8. The number of hydrogen-bond acceptors (Lipinski definition) is 6. The average Bonchev–Trinajstić information content (AvgIpc) is 3.28. The smallest absolute Gasteiger partial charge is 0.352 e. The number of hydrogen-bond donors (Lipinski definition) is 2. The highest BCUT2D eigenvalue weighted by molar-refractivity contribution is 7.18. The van der Waals surface area contributed by atoms with Gasteiger partial charge in [-0.05, 0) is 12.8 Å². The molecule has 2 aliphatic heterocycles. The van der Waals surface area contributed by atoms with Gasteiger partial charge in [0.1, 0.15) is 22.5 Å². The minimum atomic E-state index is -1.14. The maximum absolute atomic E-state index is 12.3. The monoisotopic (exact) mass is 389 g/mol. The number of aliphatic carboxylic acids is 1. The van der Waals surface area contributed by atoms with Crippen LogP contribution in [0.3, 0.4) is 0 Å². The Hall–Kier alpha value is -2.52. The summed E-state index contributed by atoms with van der Waals surface area (Å²) in [5.74, 6) is -1.98. The van der Waals surface area contributed by atoms with Gasteiger partial charge < -0.3 is 15.1 Å². The molecule has 0 radical (unpaired) electrons. The topological polar surface area (TPSA) is 112 Å². The number of amides is 1. The number of aromatic nitrogens is 2. The number of β-lactam (4-membered cyclic amide) rings is 1. The summed E-state index contributed by atoms with van der Waals surface area (Å²) in [6.07, 6.45) is 4.08. The highest BCUT2D eigenvalue weighted by Crippen LogP contribution is 2.48. The number of aliphatic hydroxyl groups is 1. The lowest BCUT2D eigenvalue weighted by molar-refractivity contribution is -0.155. The van der Waals surface area contributed by atoms with Crippen molar-refractivity contribution in [1.29, 1.82) is 0 Å². The van der Waals surface area contributed by atoms with Gasteiger partial charge in [0.25, 0.3) is 0 Å². The molecular weight excluding hydrogens is 370 g/mol. The Kier molecular flexibility index (Phi) is 4.15. The Labute approximate surface area is 158 Å². The molecule has 2 N–H and O–H groups in total. The van der Waals surface area contributed by atoms with Crippen molar-refractivity contribution in [3.05, 3.63) is 28.8 Å². The normalized spacial score (nSPS) is 21.9. The van der Waals surface area contributed by atoms with Gasteiger partial charge in [-0.15, -0.1) is 11.3 Å². The third kappa shape index (κ3) is 2.53. The molecule has 0 saturated carbocycles. The molecule has 4 rings (SSSR count). The highest BCUT2D eigenvalue weighted by atomic mass is 32.1. The fourth-order valence-corrected chi connectivity index (χ4v) is 4.98. The number of carbonyl (C=O) groups is 3. The first-order valence-electron chi connectivity index (χ1n) is 8.76. The van der Waals surface area contributed by atoms with E-state index in [1.54, 1.807) is 16.9 Å². The summed E-state index contributed by atoms with van der Waals surface area (Å²) in [4.78, 5) is 43.4. The van der Waals surface area contributed by atoms with E-state index in [0.717, 1.165) is 0 Å². The molecule has 0 aliphatic carbocycles. The number of imidazole rings is 1. The third-order valence-electron chi connectivity index (χ3n) is 5.20. The molecule has 0 spiro atoms. The quantitative estimate of drug-likeness (QED) is 0.574. The Bertz CT molecular complexity index is 1000. The molecule has 27 heavy (non-hydrogen) atoms. The number of carbonyl (C=O) groups excluding carboxylic acids is 2. The van der Waals surface area contributed by atoms with Crippen molar-refractivity contribution in [1.82, 2.24) is 14.3 Å². The maximum Gasteiger partial charge on any atom is 0.352 e. The summed E-state index contributed by atoms with van der Waals surface area (Å²) in [5.41, 5.74) is 0.987. The molecule has 2 atom stereocenters. The number of carboxylic acids is 1. The van der Waals surface area contributed by atoms with Gasteiger partial charge in [0.2, 0.25) is 5.91 Å². The Morgan fingerprint density at radius 3 is 2.78 bits per heavy atom. The van der Waals surface area contributed by atoms with E-state index in [1.165, 1.54) is 16.2 Å². The van der Waals surface area contributed by atoms with E-state index in [4.69, 9.17) is 5.11 Å². The lowest BCUT2D eigenvalue weighted by Crippen LogP contribution is -2.58. The van der Waals surface area contributed by atoms with Crippen molar-refractivity contribution in [3.8, 4) is 0 Å². The van der Waals surface area contributed by atoms with E-state index in [0.29, 0.717) is 33.8 Å². The van der Waals surface area contributed by atoms with E-state index in [-0.39, 0.29) is 41.9 Å². The van der Waals surface area contributed by atoms with Gasteiger partial charge in [-0.2, -0.15) is 0 Å². The van der Waals surface area contributed by atoms with E-state index in [9.17, 15) is 19.5 Å². The van der Waals surface area contributed by atoms with Gasteiger partial charge in [0, 0.05) is 24.3 Å². The number of aliphatic hydroxyl groups excluding tert-OH is 1. The number of fused-ring (bicyclic) bond motifs is 2. The van der Waals surface area contributed by atoms with Crippen LogP contribution in [0.15, 0.2) is 18.2 Å². The van der Waals surface area contributed by atoms with Crippen LogP contribution in [-0.4, -0.2) is 54.8 Å². The van der Waals surface area contributed by atoms with Crippen molar-refractivity contribution in [2.24, 2.45) is 11.8 Å². The lowest BCUT2D eigenvalue weighted by Gasteiger charge is -2.43. The molecular formula is C18H19N3O5S. The first-order chi connectivity index (χ1) is 12.8. The summed E-state index contributed by atoms with van der Waals surface area (Å²) in [6, 6.07) is -0.220. The van der Waals surface area contributed by atoms with Gasteiger partial charge in [-0.3, -0.25) is 14.0 Å². The molecule has 9 heteroatoms. The predicted molar refractivity (Wildman–Crippen MR) is 97.2 cm³/mol. The van der Waals surface area contributed by atoms with Crippen molar-refractivity contribution in [2.75, 3.05) is 6.61 Å². The van der Waals surface area contributed by atoms with Crippen LogP contribution >= 0.6 is 11.3 Å². The Morgan fingerprint density at radius 2 is 2.15 bits per heavy atom. The molecule has 1 saturated heterocycles. The number of Topliss-reactive ketones (excluding diaryl/α,β-unsaturated/α-hetero) is 1. The van der Waals surface area contributed by atoms with Crippen molar-refractivity contribution < 1.29 is 24.6 Å². The van der Waals surface area contributed by atoms with Crippen LogP contribution in [0, 0.1) is 11.8 Å². The van der Waals surface area contributed by atoms with Gasteiger partial charge in [-0.25, -0.2) is 9.78 Å². The van der Waals surface area contributed by atoms with Crippen LogP contribution in [0.2, 0.25) is 0 Å². The number of carboxylic acid groups (broad SMARTS) is 1. The zero-order valence-corrected chi connectivity index (χ0v) is 15.7. The van der Waals surface area contributed by atoms with Crippen molar-refractivity contribution in [2.45, 2.75) is 32.7 Å².